The van der Waals surface area contributed by atoms with Gasteiger partial charge < -0.3 is 15.2 Å². The third kappa shape index (κ3) is 5.17. The van der Waals surface area contributed by atoms with E-state index in [-0.39, 0.29) is 31.1 Å². The van der Waals surface area contributed by atoms with E-state index in [2.05, 4.69) is 4.74 Å². The summed E-state index contributed by atoms with van der Waals surface area (Å²) < 4.78 is 9.73. The molecule has 0 atom stereocenters. The molecule has 1 aliphatic rings. The Labute approximate surface area is 102 Å². The van der Waals surface area contributed by atoms with Crippen LogP contribution in [0, 0.1) is 11.8 Å². The molecule has 5 nitrogen and oxygen atoms in total. The molecule has 2 N–H and O–H groups in total. The summed E-state index contributed by atoms with van der Waals surface area (Å²) in [5, 5.41) is 0. The van der Waals surface area contributed by atoms with Crippen LogP contribution in [0.4, 0.5) is 0 Å². The van der Waals surface area contributed by atoms with E-state index >= 15 is 0 Å². The highest BCUT2D eigenvalue weighted by Crippen LogP contribution is 2.28. The lowest BCUT2D eigenvalue weighted by molar-refractivity contribution is -0.155. The van der Waals surface area contributed by atoms with Crippen LogP contribution in [0.2, 0.25) is 0 Å². The van der Waals surface area contributed by atoms with Crippen molar-refractivity contribution in [3.8, 4) is 0 Å². The Kier molecular flexibility index (Phi) is 5.97. The summed E-state index contributed by atoms with van der Waals surface area (Å²) in [5.41, 5.74) is 5.59. The molecule has 0 aliphatic heterocycles. The molecule has 0 aromatic carbocycles. The Bertz CT molecular complexity index is 259. The highest BCUT2D eigenvalue weighted by Gasteiger charge is 2.26. The van der Waals surface area contributed by atoms with Crippen molar-refractivity contribution in [1.82, 2.24) is 0 Å². The lowest BCUT2D eigenvalue weighted by atomic mass is 9.82. The van der Waals surface area contributed by atoms with Crippen LogP contribution in [0.3, 0.4) is 0 Å². The maximum absolute atomic E-state index is 11.6. The molecular formula is C12H21NO4. The molecule has 98 valence electrons. The maximum atomic E-state index is 11.6. The molecule has 1 aliphatic carbocycles. The minimum atomic E-state index is -0.357. The molecule has 0 spiro atoms. The molecule has 1 fully saturated rings. The molecule has 0 saturated heterocycles. The van der Waals surface area contributed by atoms with Gasteiger partial charge in [0.2, 0.25) is 0 Å². The number of carbonyl (C=O) groups is 2. The summed E-state index contributed by atoms with van der Waals surface area (Å²) in [4.78, 5) is 22.1. The minimum absolute atomic E-state index is 0.00451. The van der Waals surface area contributed by atoms with E-state index < -0.39 is 0 Å². The first-order valence-corrected chi connectivity index (χ1v) is 6.13. The summed E-state index contributed by atoms with van der Waals surface area (Å²) in [5.74, 6) is 0.0207. The van der Waals surface area contributed by atoms with Crippen molar-refractivity contribution in [3.05, 3.63) is 0 Å². The molecule has 0 unspecified atom stereocenters. The van der Waals surface area contributed by atoms with Crippen molar-refractivity contribution in [1.29, 1.82) is 0 Å². The zero-order valence-electron chi connectivity index (χ0n) is 10.3. The third-order valence-electron chi connectivity index (χ3n) is 3.15. The van der Waals surface area contributed by atoms with Gasteiger partial charge in [0.25, 0.3) is 0 Å². The van der Waals surface area contributed by atoms with Gasteiger partial charge in [0.15, 0.2) is 0 Å². The summed E-state index contributed by atoms with van der Waals surface area (Å²) >= 11 is 0. The average Bonchev–Trinajstić information content (AvgIpc) is 2.34. The van der Waals surface area contributed by atoms with Gasteiger partial charge in [-0.3, -0.25) is 9.59 Å². The second kappa shape index (κ2) is 7.27. The molecule has 0 radical (unpaired) electrons. The summed E-state index contributed by atoms with van der Waals surface area (Å²) in [6, 6.07) is 0. The first-order chi connectivity index (χ1) is 8.13. The van der Waals surface area contributed by atoms with E-state index in [1.807, 2.05) is 0 Å². The SMILES string of the molecule is CC(=O)OCCOC(=O)C1CCC(CN)CC1. The Morgan fingerprint density at radius 2 is 1.71 bits per heavy atom. The van der Waals surface area contributed by atoms with E-state index in [1.54, 1.807) is 0 Å². The van der Waals surface area contributed by atoms with Crippen LogP contribution in [0.15, 0.2) is 0 Å². The van der Waals surface area contributed by atoms with Crippen LogP contribution in [0.1, 0.15) is 32.6 Å². The fourth-order valence-corrected chi connectivity index (χ4v) is 2.08. The molecule has 0 amide bonds. The Morgan fingerprint density at radius 1 is 1.12 bits per heavy atom. The molecular weight excluding hydrogens is 222 g/mol. The predicted molar refractivity (Wildman–Crippen MR) is 62.1 cm³/mol. The summed E-state index contributed by atoms with van der Waals surface area (Å²) in [7, 11) is 0. The molecule has 0 bridgehead atoms. The monoisotopic (exact) mass is 243 g/mol. The van der Waals surface area contributed by atoms with E-state index in [1.165, 1.54) is 6.92 Å². The number of nitrogens with two attached hydrogens (primary N) is 1. The van der Waals surface area contributed by atoms with Gasteiger partial charge in [-0.25, -0.2) is 0 Å². The van der Waals surface area contributed by atoms with Crippen molar-refractivity contribution in [3.63, 3.8) is 0 Å². The van der Waals surface area contributed by atoms with Gasteiger partial charge >= 0.3 is 11.9 Å². The first kappa shape index (κ1) is 14.0. The molecule has 5 heteroatoms. The standard InChI is InChI=1S/C12H21NO4/c1-9(14)16-6-7-17-12(15)11-4-2-10(8-13)3-5-11/h10-11H,2-8,13H2,1H3. The number of hydrogen-bond acceptors (Lipinski definition) is 5. The molecule has 1 saturated carbocycles. The van der Waals surface area contributed by atoms with E-state index in [4.69, 9.17) is 10.5 Å². The first-order valence-electron chi connectivity index (χ1n) is 6.13. The van der Waals surface area contributed by atoms with Crippen molar-refractivity contribution in [2.75, 3.05) is 19.8 Å². The van der Waals surface area contributed by atoms with Gasteiger partial charge in [-0.2, -0.15) is 0 Å². The smallest absolute Gasteiger partial charge is 0.309 e. The fourth-order valence-electron chi connectivity index (χ4n) is 2.08. The number of hydrogen-bond donors (Lipinski definition) is 1. The Hall–Kier alpha value is -1.10. The number of rotatable bonds is 5. The van der Waals surface area contributed by atoms with Crippen molar-refractivity contribution in [2.45, 2.75) is 32.6 Å². The van der Waals surface area contributed by atoms with Crippen LogP contribution < -0.4 is 5.73 Å². The highest BCUT2D eigenvalue weighted by atomic mass is 16.6. The van der Waals surface area contributed by atoms with Gasteiger partial charge in [0.05, 0.1) is 5.92 Å². The minimum Gasteiger partial charge on any atom is -0.462 e. The Balaban J connectivity index is 2.14. The van der Waals surface area contributed by atoms with Crippen LogP contribution in [-0.4, -0.2) is 31.7 Å². The van der Waals surface area contributed by atoms with Crippen molar-refractivity contribution in [2.24, 2.45) is 17.6 Å². The number of esters is 2. The quantitative estimate of drug-likeness (QED) is 0.572. The van der Waals surface area contributed by atoms with Gasteiger partial charge in [-0.05, 0) is 38.1 Å². The van der Waals surface area contributed by atoms with Crippen molar-refractivity contribution < 1.29 is 19.1 Å². The van der Waals surface area contributed by atoms with E-state index in [9.17, 15) is 9.59 Å². The predicted octanol–water partition coefficient (Wildman–Crippen LogP) is 0.858. The lowest BCUT2D eigenvalue weighted by Gasteiger charge is -2.26. The van der Waals surface area contributed by atoms with Crippen LogP contribution in [0.5, 0.6) is 0 Å². The highest BCUT2D eigenvalue weighted by molar-refractivity contribution is 5.72. The van der Waals surface area contributed by atoms with Crippen LogP contribution in [0.25, 0.3) is 0 Å². The second-order valence-corrected chi connectivity index (χ2v) is 4.46. The summed E-state index contributed by atoms with van der Waals surface area (Å²) in [6.07, 6.45) is 3.71. The van der Waals surface area contributed by atoms with Crippen molar-refractivity contribution >= 4 is 11.9 Å². The van der Waals surface area contributed by atoms with E-state index in [0.29, 0.717) is 12.5 Å². The van der Waals surface area contributed by atoms with Gasteiger partial charge in [-0.15, -0.1) is 0 Å². The van der Waals surface area contributed by atoms with Crippen LogP contribution in [-0.2, 0) is 19.1 Å². The zero-order chi connectivity index (χ0) is 12.7. The van der Waals surface area contributed by atoms with E-state index in [0.717, 1.165) is 25.7 Å². The largest absolute Gasteiger partial charge is 0.462 e. The molecule has 0 aromatic heterocycles. The molecule has 17 heavy (non-hydrogen) atoms. The number of carbonyl (C=O) groups excluding carboxylic acids is 2. The Morgan fingerprint density at radius 3 is 2.24 bits per heavy atom. The normalized spacial score (nSPS) is 24.1. The molecule has 1 rings (SSSR count). The van der Waals surface area contributed by atoms with Gasteiger partial charge in [0, 0.05) is 6.92 Å². The molecule has 0 aromatic rings. The fraction of sp³-hybridized carbons (Fsp3) is 0.833. The number of ether oxygens (including phenoxy) is 2. The average molecular weight is 243 g/mol. The van der Waals surface area contributed by atoms with Crippen LogP contribution >= 0.6 is 0 Å². The second-order valence-electron chi connectivity index (χ2n) is 4.46. The maximum Gasteiger partial charge on any atom is 0.309 e. The zero-order valence-corrected chi connectivity index (χ0v) is 10.3. The van der Waals surface area contributed by atoms with Gasteiger partial charge in [-0.1, -0.05) is 0 Å². The third-order valence-corrected chi connectivity index (χ3v) is 3.15. The summed E-state index contributed by atoms with van der Waals surface area (Å²) in [6.45, 7) is 2.32. The molecule has 0 heterocycles. The lowest BCUT2D eigenvalue weighted by Crippen LogP contribution is -2.27. The van der Waals surface area contributed by atoms with Gasteiger partial charge in [0.1, 0.15) is 13.2 Å². The topological polar surface area (TPSA) is 78.6 Å².